The number of hydrogen-bond acceptors (Lipinski definition) is 2. The van der Waals surface area contributed by atoms with Crippen molar-refractivity contribution in [2.45, 2.75) is 0 Å². The topological polar surface area (TPSA) is 34.9 Å². The minimum Gasteiger partial charge on any atom is -0.311 e. The Hall–Kier alpha value is -2.13. The van der Waals surface area contributed by atoms with Crippen LogP contribution < -0.4 is 5.56 Å². The molecule has 0 saturated carbocycles. The third kappa shape index (κ3) is 1.92. The van der Waals surface area contributed by atoms with Gasteiger partial charge in [-0.2, -0.15) is 0 Å². The molecule has 1 aromatic carbocycles. The quantitative estimate of drug-likeness (QED) is 0.636. The maximum Gasteiger partial charge on any atom is 0.258 e. The van der Waals surface area contributed by atoms with Crippen molar-refractivity contribution < 1.29 is 0 Å². The third-order valence-corrected chi connectivity index (χ3v) is 3.49. The van der Waals surface area contributed by atoms with E-state index in [2.05, 4.69) is 4.98 Å². The van der Waals surface area contributed by atoms with Gasteiger partial charge in [-0.1, -0.05) is 41.9 Å². The summed E-state index contributed by atoms with van der Waals surface area (Å²) in [7, 11) is 1.74. The maximum absolute atomic E-state index is 12.4. The summed E-state index contributed by atoms with van der Waals surface area (Å²) in [5.41, 5.74) is 2.25. The number of fused-ring (bicyclic) bond motifs is 1. The minimum atomic E-state index is -0.0408. The van der Waals surface area contributed by atoms with E-state index < -0.39 is 0 Å². The molecular weight excluding hydrogens is 260 g/mol. The summed E-state index contributed by atoms with van der Waals surface area (Å²) in [6.45, 7) is 0. The SMILES string of the molecule is Cn1c(=O)c(-c2ccccc2)cc2c(Cl)nccc21. The number of hydrogen-bond donors (Lipinski definition) is 0. The molecule has 0 N–H and O–H groups in total. The molecule has 0 aliphatic rings. The highest BCUT2D eigenvalue weighted by atomic mass is 35.5. The second-order valence-corrected chi connectivity index (χ2v) is 4.68. The Balaban J connectivity index is 2.42. The molecular formula is C15H11ClN2O. The molecule has 0 radical (unpaired) electrons. The predicted molar refractivity (Wildman–Crippen MR) is 77.4 cm³/mol. The Morgan fingerprint density at radius 3 is 2.63 bits per heavy atom. The molecule has 2 aromatic heterocycles. The summed E-state index contributed by atoms with van der Waals surface area (Å²) in [4.78, 5) is 16.5. The van der Waals surface area contributed by atoms with Crippen molar-refractivity contribution in [3.05, 3.63) is 64.2 Å². The smallest absolute Gasteiger partial charge is 0.258 e. The molecule has 0 amide bonds. The number of rotatable bonds is 1. The molecule has 0 saturated heterocycles. The summed E-state index contributed by atoms with van der Waals surface area (Å²) < 4.78 is 1.60. The maximum atomic E-state index is 12.4. The predicted octanol–water partition coefficient (Wildman–Crippen LogP) is 3.25. The Labute approximate surface area is 115 Å². The van der Waals surface area contributed by atoms with Gasteiger partial charge in [-0.15, -0.1) is 0 Å². The van der Waals surface area contributed by atoms with E-state index in [1.807, 2.05) is 36.4 Å². The van der Waals surface area contributed by atoms with Crippen LogP contribution in [-0.2, 0) is 7.05 Å². The number of halogens is 1. The van der Waals surface area contributed by atoms with Crippen LogP contribution in [-0.4, -0.2) is 9.55 Å². The lowest BCUT2D eigenvalue weighted by atomic mass is 10.1. The van der Waals surface area contributed by atoms with E-state index in [-0.39, 0.29) is 5.56 Å². The van der Waals surface area contributed by atoms with Crippen LogP contribution in [0.5, 0.6) is 0 Å². The first kappa shape index (κ1) is 11.9. The number of aromatic nitrogens is 2. The molecule has 0 aliphatic carbocycles. The van der Waals surface area contributed by atoms with Crippen LogP contribution in [0.2, 0.25) is 5.15 Å². The van der Waals surface area contributed by atoms with Crippen LogP contribution in [0.4, 0.5) is 0 Å². The van der Waals surface area contributed by atoms with E-state index in [0.29, 0.717) is 10.7 Å². The van der Waals surface area contributed by atoms with Gasteiger partial charge in [0.2, 0.25) is 0 Å². The molecule has 2 heterocycles. The molecule has 0 bridgehead atoms. The lowest BCUT2D eigenvalue weighted by Gasteiger charge is -2.09. The number of aryl methyl sites for hydroxylation is 1. The van der Waals surface area contributed by atoms with E-state index in [4.69, 9.17) is 11.6 Å². The van der Waals surface area contributed by atoms with Crippen molar-refractivity contribution in [2.75, 3.05) is 0 Å². The second kappa shape index (κ2) is 4.52. The van der Waals surface area contributed by atoms with Crippen molar-refractivity contribution in [2.24, 2.45) is 7.05 Å². The minimum absolute atomic E-state index is 0.0408. The Bertz CT molecular complexity index is 809. The van der Waals surface area contributed by atoms with E-state index >= 15 is 0 Å². The molecule has 3 aromatic rings. The average molecular weight is 271 g/mol. The summed E-state index contributed by atoms with van der Waals surface area (Å²) in [6, 6.07) is 13.1. The highest BCUT2D eigenvalue weighted by Gasteiger charge is 2.10. The molecule has 0 atom stereocenters. The fourth-order valence-corrected chi connectivity index (χ4v) is 2.39. The molecule has 94 valence electrons. The largest absolute Gasteiger partial charge is 0.311 e. The van der Waals surface area contributed by atoms with Gasteiger partial charge in [-0.25, -0.2) is 4.98 Å². The molecule has 0 fully saturated rings. The van der Waals surface area contributed by atoms with Crippen LogP contribution in [0.3, 0.4) is 0 Å². The molecule has 3 nitrogen and oxygen atoms in total. The third-order valence-electron chi connectivity index (χ3n) is 3.19. The normalized spacial score (nSPS) is 10.8. The molecule has 19 heavy (non-hydrogen) atoms. The Kier molecular flexibility index (Phi) is 2.84. The first-order valence-electron chi connectivity index (χ1n) is 5.88. The lowest BCUT2D eigenvalue weighted by molar-refractivity contribution is 0.907. The zero-order valence-corrected chi connectivity index (χ0v) is 11.1. The standard InChI is InChI=1S/C15H11ClN2O/c1-18-13-7-8-17-14(16)12(13)9-11(15(18)19)10-5-3-2-4-6-10/h2-9H,1H3. The average Bonchev–Trinajstić information content (AvgIpc) is 2.44. The van der Waals surface area contributed by atoms with E-state index in [9.17, 15) is 4.79 Å². The van der Waals surface area contributed by atoms with E-state index in [1.165, 1.54) is 0 Å². The molecule has 0 unspecified atom stereocenters. The summed E-state index contributed by atoms with van der Waals surface area (Å²) >= 11 is 6.11. The van der Waals surface area contributed by atoms with Crippen molar-refractivity contribution in [3.8, 4) is 11.1 Å². The van der Waals surface area contributed by atoms with Gasteiger partial charge in [0, 0.05) is 24.2 Å². The first-order valence-corrected chi connectivity index (χ1v) is 6.26. The van der Waals surface area contributed by atoms with Crippen LogP contribution in [0.15, 0.2) is 53.5 Å². The van der Waals surface area contributed by atoms with Crippen LogP contribution in [0, 0.1) is 0 Å². The van der Waals surface area contributed by atoms with Gasteiger partial charge in [0.05, 0.1) is 5.52 Å². The van der Waals surface area contributed by atoms with Crippen molar-refractivity contribution >= 4 is 22.5 Å². The van der Waals surface area contributed by atoms with Crippen LogP contribution >= 0.6 is 11.6 Å². The van der Waals surface area contributed by atoms with E-state index in [1.54, 1.807) is 23.9 Å². The van der Waals surface area contributed by atoms with Crippen LogP contribution in [0.25, 0.3) is 22.0 Å². The van der Waals surface area contributed by atoms with Gasteiger partial charge in [0.25, 0.3) is 5.56 Å². The number of nitrogens with zero attached hydrogens (tertiary/aromatic N) is 2. The fourth-order valence-electron chi connectivity index (χ4n) is 2.18. The Morgan fingerprint density at radius 2 is 1.89 bits per heavy atom. The van der Waals surface area contributed by atoms with Crippen LogP contribution in [0.1, 0.15) is 0 Å². The zero-order chi connectivity index (χ0) is 13.4. The monoisotopic (exact) mass is 270 g/mol. The van der Waals surface area contributed by atoms with Gasteiger partial charge < -0.3 is 4.57 Å². The summed E-state index contributed by atoms with van der Waals surface area (Å²) in [5, 5.41) is 1.19. The molecule has 0 aliphatic heterocycles. The number of benzene rings is 1. The zero-order valence-electron chi connectivity index (χ0n) is 10.3. The molecule has 4 heteroatoms. The highest BCUT2D eigenvalue weighted by molar-refractivity contribution is 6.34. The Morgan fingerprint density at radius 1 is 1.16 bits per heavy atom. The molecule has 3 rings (SSSR count). The number of pyridine rings is 2. The fraction of sp³-hybridized carbons (Fsp3) is 0.0667. The van der Waals surface area contributed by atoms with Gasteiger partial charge >= 0.3 is 0 Å². The second-order valence-electron chi connectivity index (χ2n) is 4.32. The van der Waals surface area contributed by atoms with Gasteiger partial charge in [0.15, 0.2) is 0 Å². The van der Waals surface area contributed by atoms with Gasteiger partial charge in [-0.3, -0.25) is 4.79 Å². The summed E-state index contributed by atoms with van der Waals surface area (Å²) in [6.07, 6.45) is 1.60. The van der Waals surface area contributed by atoms with Crippen molar-refractivity contribution in [1.29, 1.82) is 0 Å². The molecule has 0 spiro atoms. The first-order chi connectivity index (χ1) is 9.18. The van der Waals surface area contributed by atoms with Gasteiger partial charge in [0.1, 0.15) is 5.15 Å². The highest BCUT2D eigenvalue weighted by Crippen LogP contribution is 2.24. The van der Waals surface area contributed by atoms with E-state index in [0.717, 1.165) is 16.5 Å². The summed E-state index contributed by atoms with van der Waals surface area (Å²) in [5.74, 6) is 0. The van der Waals surface area contributed by atoms with Crippen molar-refractivity contribution in [1.82, 2.24) is 9.55 Å². The lowest BCUT2D eigenvalue weighted by Crippen LogP contribution is -2.19. The van der Waals surface area contributed by atoms with Crippen molar-refractivity contribution in [3.63, 3.8) is 0 Å². The van der Waals surface area contributed by atoms with Gasteiger partial charge in [-0.05, 0) is 17.7 Å².